The van der Waals surface area contributed by atoms with Crippen molar-refractivity contribution in [1.29, 1.82) is 0 Å². The Balaban J connectivity index is 2.98. The average molecular weight is 198 g/mol. The van der Waals surface area contributed by atoms with Crippen molar-refractivity contribution in [2.24, 2.45) is 0 Å². The molecule has 0 bridgehead atoms. The van der Waals surface area contributed by atoms with E-state index in [2.05, 4.69) is 51.2 Å². The molecule has 0 amide bonds. The zero-order valence-electron chi connectivity index (χ0n) is 7.36. The minimum Gasteiger partial charge on any atom is -0.164 e. The molecule has 0 aromatic heterocycles. The third kappa shape index (κ3) is 1.99. The fourth-order valence-corrected chi connectivity index (χ4v) is 1.31. The lowest BCUT2D eigenvalue weighted by molar-refractivity contribution is 0.582. The highest BCUT2D eigenvalue weighted by molar-refractivity contribution is 7.99. The van der Waals surface area contributed by atoms with Crippen molar-refractivity contribution < 1.29 is 0 Å². The Labute approximate surface area is 85.2 Å². The maximum Gasteiger partial charge on any atom is 0.0533 e. The SMILES string of the molecule is CC(C)(c1ccccc1)C(S)S. The molecule has 0 aliphatic rings. The van der Waals surface area contributed by atoms with Crippen LogP contribution in [0.3, 0.4) is 0 Å². The average Bonchev–Trinajstić information content (AvgIpc) is 2.06. The minimum atomic E-state index is 0.0213. The van der Waals surface area contributed by atoms with Gasteiger partial charge in [-0.25, -0.2) is 0 Å². The van der Waals surface area contributed by atoms with Crippen LogP contribution < -0.4 is 0 Å². The second-order valence-corrected chi connectivity index (χ2v) is 4.90. The van der Waals surface area contributed by atoms with E-state index in [1.54, 1.807) is 0 Å². The molecule has 0 nitrogen and oxygen atoms in total. The Kier molecular flexibility index (Phi) is 3.13. The van der Waals surface area contributed by atoms with Crippen LogP contribution in [0.4, 0.5) is 0 Å². The van der Waals surface area contributed by atoms with Crippen LogP contribution >= 0.6 is 25.3 Å². The van der Waals surface area contributed by atoms with E-state index < -0.39 is 0 Å². The third-order valence-corrected chi connectivity index (χ3v) is 3.45. The first kappa shape index (κ1) is 10.0. The monoisotopic (exact) mass is 198 g/mol. The van der Waals surface area contributed by atoms with E-state index in [1.807, 2.05) is 18.2 Å². The summed E-state index contributed by atoms with van der Waals surface area (Å²) in [6.45, 7) is 4.29. The first-order chi connectivity index (χ1) is 5.55. The summed E-state index contributed by atoms with van der Waals surface area (Å²) in [5.41, 5.74) is 1.30. The fourth-order valence-electron chi connectivity index (χ4n) is 1.02. The second-order valence-electron chi connectivity index (χ2n) is 3.46. The lowest BCUT2D eigenvalue weighted by Crippen LogP contribution is -2.25. The van der Waals surface area contributed by atoms with E-state index in [4.69, 9.17) is 0 Å². The third-order valence-electron chi connectivity index (χ3n) is 2.16. The van der Waals surface area contributed by atoms with Gasteiger partial charge in [0.1, 0.15) is 0 Å². The lowest BCUT2D eigenvalue weighted by Gasteiger charge is -2.28. The van der Waals surface area contributed by atoms with Gasteiger partial charge in [-0.2, -0.15) is 25.3 Å². The van der Waals surface area contributed by atoms with Crippen LogP contribution in [0.25, 0.3) is 0 Å². The highest BCUT2D eigenvalue weighted by Gasteiger charge is 2.25. The van der Waals surface area contributed by atoms with Gasteiger partial charge in [0.15, 0.2) is 0 Å². The van der Waals surface area contributed by atoms with Gasteiger partial charge in [-0.1, -0.05) is 44.2 Å². The maximum atomic E-state index is 4.35. The maximum absolute atomic E-state index is 4.35. The number of hydrogen-bond acceptors (Lipinski definition) is 2. The molecule has 0 atom stereocenters. The van der Waals surface area contributed by atoms with E-state index in [-0.39, 0.29) is 10.00 Å². The molecule has 0 fully saturated rings. The molecule has 0 unspecified atom stereocenters. The van der Waals surface area contributed by atoms with Crippen LogP contribution in [0.15, 0.2) is 30.3 Å². The van der Waals surface area contributed by atoms with E-state index in [0.717, 1.165) is 0 Å². The van der Waals surface area contributed by atoms with Crippen molar-refractivity contribution in [3.8, 4) is 0 Å². The van der Waals surface area contributed by atoms with E-state index in [0.29, 0.717) is 0 Å². The van der Waals surface area contributed by atoms with Gasteiger partial charge in [-0.05, 0) is 5.56 Å². The van der Waals surface area contributed by atoms with Gasteiger partial charge in [0.2, 0.25) is 0 Å². The van der Waals surface area contributed by atoms with E-state index >= 15 is 0 Å². The van der Waals surface area contributed by atoms with Gasteiger partial charge in [-0.3, -0.25) is 0 Å². The molecule has 0 aliphatic heterocycles. The van der Waals surface area contributed by atoms with Crippen molar-refractivity contribution in [3.05, 3.63) is 35.9 Å². The molecule has 66 valence electrons. The molecule has 0 aliphatic carbocycles. The fraction of sp³-hybridized carbons (Fsp3) is 0.400. The van der Waals surface area contributed by atoms with Crippen molar-refractivity contribution in [3.63, 3.8) is 0 Å². The topological polar surface area (TPSA) is 0 Å². The summed E-state index contributed by atoms with van der Waals surface area (Å²) in [6, 6.07) is 10.3. The van der Waals surface area contributed by atoms with E-state index in [9.17, 15) is 0 Å². The summed E-state index contributed by atoms with van der Waals surface area (Å²) in [4.78, 5) is 0. The zero-order chi connectivity index (χ0) is 9.19. The second kappa shape index (κ2) is 3.75. The molecule has 0 saturated carbocycles. The molecular weight excluding hydrogens is 184 g/mol. The molecule has 1 rings (SSSR count). The predicted molar refractivity (Wildman–Crippen MR) is 61.2 cm³/mol. The van der Waals surface area contributed by atoms with Gasteiger partial charge in [0.05, 0.1) is 4.58 Å². The number of benzene rings is 1. The van der Waals surface area contributed by atoms with Gasteiger partial charge < -0.3 is 0 Å². The summed E-state index contributed by atoms with van der Waals surface area (Å²) < 4.78 is 0.0694. The summed E-state index contributed by atoms with van der Waals surface area (Å²) in [5, 5.41) is 0. The highest BCUT2D eigenvalue weighted by atomic mass is 32.2. The van der Waals surface area contributed by atoms with Crippen LogP contribution in [-0.4, -0.2) is 4.58 Å². The molecule has 0 saturated heterocycles. The molecular formula is C10H14S2. The molecule has 0 N–H and O–H groups in total. The van der Waals surface area contributed by atoms with Crippen molar-refractivity contribution in [2.75, 3.05) is 0 Å². The van der Waals surface area contributed by atoms with E-state index in [1.165, 1.54) is 5.56 Å². The minimum absolute atomic E-state index is 0.0213. The first-order valence-electron chi connectivity index (χ1n) is 3.97. The normalized spacial score (nSPS) is 12.1. The first-order valence-corrected chi connectivity index (χ1v) is 5.00. The molecule has 1 aromatic carbocycles. The number of hydrogen-bond donors (Lipinski definition) is 2. The number of thiol groups is 2. The van der Waals surface area contributed by atoms with Crippen LogP contribution in [0.1, 0.15) is 19.4 Å². The summed E-state index contributed by atoms with van der Waals surface area (Å²) in [6.07, 6.45) is 0. The Hall–Kier alpha value is -0.0800. The van der Waals surface area contributed by atoms with Crippen LogP contribution in [0.2, 0.25) is 0 Å². The molecule has 0 heterocycles. The largest absolute Gasteiger partial charge is 0.164 e. The Morgan fingerprint density at radius 1 is 1.08 bits per heavy atom. The van der Waals surface area contributed by atoms with Crippen molar-refractivity contribution >= 4 is 25.3 Å². The predicted octanol–water partition coefficient (Wildman–Crippen LogP) is 3.15. The van der Waals surface area contributed by atoms with Crippen LogP contribution in [0, 0.1) is 0 Å². The van der Waals surface area contributed by atoms with Crippen molar-refractivity contribution in [2.45, 2.75) is 23.8 Å². The quantitative estimate of drug-likeness (QED) is 0.529. The summed E-state index contributed by atoms with van der Waals surface area (Å²) in [7, 11) is 0. The van der Waals surface area contributed by atoms with Gasteiger partial charge in [0, 0.05) is 5.41 Å². The number of rotatable bonds is 2. The highest BCUT2D eigenvalue weighted by Crippen LogP contribution is 2.31. The smallest absolute Gasteiger partial charge is 0.0533 e. The Morgan fingerprint density at radius 2 is 1.58 bits per heavy atom. The molecule has 0 spiro atoms. The zero-order valence-corrected chi connectivity index (χ0v) is 9.15. The Morgan fingerprint density at radius 3 is 2.00 bits per heavy atom. The summed E-state index contributed by atoms with van der Waals surface area (Å²) >= 11 is 8.71. The van der Waals surface area contributed by atoms with Gasteiger partial charge in [-0.15, -0.1) is 0 Å². The molecule has 2 heteroatoms. The molecule has 1 aromatic rings. The standard InChI is InChI=1S/C10H14S2/c1-10(2,9(11)12)8-6-4-3-5-7-8/h3-7,9,11-12H,1-2H3. The van der Waals surface area contributed by atoms with Gasteiger partial charge >= 0.3 is 0 Å². The van der Waals surface area contributed by atoms with Crippen molar-refractivity contribution in [1.82, 2.24) is 0 Å². The van der Waals surface area contributed by atoms with Crippen LogP contribution in [0.5, 0.6) is 0 Å². The molecule has 12 heavy (non-hydrogen) atoms. The van der Waals surface area contributed by atoms with Crippen LogP contribution in [-0.2, 0) is 5.41 Å². The lowest BCUT2D eigenvalue weighted by atomic mass is 9.86. The summed E-state index contributed by atoms with van der Waals surface area (Å²) in [5.74, 6) is 0. The molecule has 0 radical (unpaired) electrons. The Bertz CT molecular complexity index is 239. The van der Waals surface area contributed by atoms with Gasteiger partial charge in [0.25, 0.3) is 0 Å².